The van der Waals surface area contributed by atoms with Gasteiger partial charge in [0, 0.05) is 28.6 Å². The molecule has 26 heavy (non-hydrogen) atoms. The SMILES string of the molecule is CN(Cc1nc2ccccc2[nH]1)C(=O)CCCS(=O)c1ccc(Br)cc1. The van der Waals surface area contributed by atoms with Gasteiger partial charge in [-0.25, -0.2) is 4.98 Å². The van der Waals surface area contributed by atoms with Gasteiger partial charge < -0.3 is 9.88 Å². The third kappa shape index (κ3) is 4.80. The summed E-state index contributed by atoms with van der Waals surface area (Å²) < 4.78 is 13.2. The summed E-state index contributed by atoms with van der Waals surface area (Å²) >= 11 is 3.36. The smallest absolute Gasteiger partial charge is 0.222 e. The number of aromatic amines is 1. The van der Waals surface area contributed by atoms with Crippen LogP contribution < -0.4 is 0 Å². The number of fused-ring (bicyclic) bond motifs is 1. The van der Waals surface area contributed by atoms with Gasteiger partial charge in [0.25, 0.3) is 0 Å². The van der Waals surface area contributed by atoms with E-state index in [1.165, 1.54) is 0 Å². The number of nitrogens with zero attached hydrogens (tertiary/aromatic N) is 2. The number of aromatic nitrogens is 2. The van der Waals surface area contributed by atoms with Crippen molar-refractivity contribution in [3.63, 3.8) is 0 Å². The molecule has 1 amide bonds. The number of halogens is 1. The highest BCUT2D eigenvalue weighted by Gasteiger charge is 2.13. The molecule has 5 nitrogen and oxygen atoms in total. The molecule has 3 aromatic rings. The molecule has 0 saturated carbocycles. The highest BCUT2D eigenvalue weighted by Crippen LogP contribution is 2.15. The topological polar surface area (TPSA) is 66.1 Å². The molecule has 3 rings (SSSR count). The molecule has 0 aliphatic heterocycles. The lowest BCUT2D eigenvalue weighted by Gasteiger charge is -2.15. The number of nitrogens with one attached hydrogen (secondary N) is 1. The molecule has 1 unspecified atom stereocenters. The van der Waals surface area contributed by atoms with E-state index < -0.39 is 10.8 Å². The second-order valence-electron chi connectivity index (χ2n) is 6.06. The van der Waals surface area contributed by atoms with Gasteiger partial charge in [0.1, 0.15) is 5.82 Å². The van der Waals surface area contributed by atoms with E-state index in [1.54, 1.807) is 11.9 Å². The number of H-pyrrole nitrogens is 1. The summed E-state index contributed by atoms with van der Waals surface area (Å²) in [5.74, 6) is 1.27. The van der Waals surface area contributed by atoms with Crippen LogP contribution in [-0.4, -0.2) is 37.8 Å². The molecule has 0 aliphatic rings. The molecule has 0 fully saturated rings. The highest BCUT2D eigenvalue weighted by molar-refractivity contribution is 9.10. The number of carbonyl (C=O) groups excluding carboxylic acids is 1. The molecule has 0 aliphatic carbocycles. The van der Waals surface area contributed by atoms with E-state index in [1.807, 2.05) is 48.5 Å². The van der Waals surface area contributed by atoms with Crippen molar-refractivity contribution in [2.24, 2.45) is 0 Å². The minimum Gasteiger partial charge on any atom is -0.340 e. The van der Waals surface area contributed by atoms with Crippen LogP contribution in [0.4, 0.5) is 0 Å². The van der Waals surface area contributed by atoms with Gasteiger partial charge in [-0.3, -0.25) is 9.00 Å². The van der Waals surface area contributed by atoms with Crippen molar-refractivity contribution in [1.29, 1.82) is 0 Å². The number of imidazole rings is 1. The Hall–Kier alpha value is -1.99. The Morgan fingerprint density at radius 1 is 1.19 bits per heavy atom. The maximum absolute atomic E-state index is 12.3. The molecule has 0 bridgehead atoms. The van der Waals surface area contributed by atoms with E-state index in [-0.39, 0.29) is 5.91 Å². The van der Waals surface area contributed by atoms with Gasteiger partial charge in [0.2, 0.25) is 5.91 Å². The first-order valence-corrected chi connectivity index (χ1v) is 10.5. The van der Waals surface area contributed by atoms with Crippen LogP contribution in [0.25, 0.3) is 11.0 Å². The van der Waals surface area contributed by atoms with E-state index in [0.717, 1.165) is 26.2 Å². The van der Waals surface area contributed by atoms with Gasteiger partial charge in [-0.15, -0.1) is 0 Å². The largest absolute Gasteiger partial charge is 0.340 e. The van der Waals surface area contributed by atoms with Crippen LogP contribution >= 0.6 is 15.9 Å². The summed E-state index contributed by atoms with van der Waals surface area (Å²) in [5, 5.41) is 0. The Balaban J connectivity index is 1.48. The van der Waals surface area contributed by atoms with Crippen LogP contribution in [0.2, 0.25) is 0 Å². The Kier molecular flexibility index (Phi) is 6.21. The first-order chi connectivity index (χ1) is 12.5. The first-order valence-electron chi connectivity index (χ1n) is 8.34. The third-order valence-electron chi connectivity index (χ3n) is 4.05. The van der Waals surface area contributed by atoms with Gasteiger partial charge in [0.05, 0.1) is 28.4 Å². The lowest BCUT2D eigenvalue weighted by atomic mass is 10.3. The predicted octanol–water partition coefficient (Wildman–Crippen LogP) is 3.87. The lowest BCUT2D eigenvalue weighted by molar-refractivity contribution is -0.130. The van der Waals surface area contributed by atoms with Crippen LogP contribution in [0.15, 0.2) is 57.9 Å². The number of hydrogen-bond donors (Lipinski definition) is 1. The number of amides is 1. The zero-order valence-electron chi connectivity index (χ0n) is 14.4. The molecule has 1 heterocycles. The van der Waals surface area contributed by atoms with E-state index in [9.17, 15) is 9.00 Å². The molecule has 1 aromatic heterocycles. The third-order valence-corrected chi connectivity index (χ3v) is 6.03. The molecule has 0 radical (unpaired) electrons. The quantitative estimate of drug-likeness (QED) is 0.614. The molecular formula is C19H20BrN3O2S. The Bertz CT molecular complexity index is 891. The van der Waals surface area contributed by atoms with Crippen molar-refractivity contribution in [1.82, 2.24) is 14.9 Å². The maximum Gasteiger partial charge on any atom is 0.222 e. The van der Waals surface area contributed by atoms with Crippen molar-refractivity contribution in [3.8, 4) is 0 Å². The van der Waals surface area contributed by atoms with Crippen molar-refractivity contribution < 1.29 is 9.00 Å². The fraction of sp³-hybridized carbons (Fsp3) is 0.263. The number of carbonyl (C=O) groups is 1. The molecule has 1 atom stereocenters. The fourth-order valence-electron chi connectivity index (χ4n) is 2.64. The van der Waals surface area contributed by atoms with Gasteiger partial charge in [0.15, 0.2) is 0 Å². The van der Waals surface area contributed by atoms with Crippen LogP contribution in [-0.2, 0) is 22.1 Å². The fourth-order valence-corrected chi connectivity index (χ4v) is 3.99. The summed E-state index contributed by atoms with van der Waals surface area (Å²) in [6, 6.07) is 15.2. The summed E-state index contributed by atoms with van der Waals surface area (Å²) in [4.78, 5) is 22.5. The molecule has 2 aromatic carbocycles. The molecule has 1 N–H and O–H groups in total. The zero-order valence-corrected chi connectivity index (χ0v) is 16.8. The highest BCUT2D eigenvalue weighted by atomic mass is 79.9. The summed E-state index contributed by atoms with van der Waals surface area (Å²) in [6.45, 7) is 0.434. The van der Waals surface area contributed by atoms with Gasteiger partial charge in [-0.1, -0.05) is 28.1 Å². The van der Waals surface area contributed by atoms with E-state index in [2.05, 4.69) is 25.9 Å². The Labute approximate surface area is 163 Å². The number of benzene rings is 2. The van der Waals surface area contributed by atoms with Crippen LogP contribution in [0.3, 0.4) is 0 Å². The van der Waals surface area contributed by atoms with Gasteiger partial charge in [-0.05, 0) is 42.8 Å². The minimum atomic E-state index is -1.08. The summed E-state index contributed by atoms with van der Waals surface area (Å²) in [5.41, 5.74) is 1.86. The number of rotatable bonds is 7. The van der Waals surface area contributed by atoms with Crippen molar-refractivity contribution >= 4 is 43.7 Å². The van der Waals surface area contributed by atoms with Crippen molar-refractivity contribution in [3.05, 3.63) is 58.8 Å². The maximum atomic E-state index is 12.3. The predicted molar refractivity (Wildman–Crippen MR) is 107 cm³/mol. The standard InChI is InChI=1S/C19H20BrN3O2S/c1-23(13-18-21-16-5-2-3-6-17(16)22-18)19(24)7-4-12-26(25)15-10-8-14(20)9-11-15/h2-3,5-6,8-11H,4,7,12-13H2,1H3,(H,21,22). The second-order valence-corrected chi connectivity index (χ2v) is 8.54. The first kappa shape index (κ1) is 18.8. The average molecular weight is 434 g/mol. The zero-order chi connectivity index (χ0) is 18.5. The molecular weight excluding hydrogens is 414 g/mol. The van der Waals surface area contributed by atoms with Crippen LogP contribution in [0.5, 0.6) is 0 Å². The molecule has 0 spiro atoms. The monoisotopic (exact) mass is 433 g/mol. The van der Waals surface area contributed by atoms with E-state index in [0.29, 0.717) is 25.1 Å². The Morgan fingerprint density at radius 2 is 1.92 bits per heavy atom. The van der Waals surface area contributed by atoms with E-state index in [4.69, 9.17) is 0 Å². The Morgan fingerprint density at radius 3 is 2.65 bits per heavy atom. The second kappa shape index (κ2) is 8.60. The molecule has 136 valence electrons. The van der Waals surface area contributed by atoms with Crippen LogP contribution in [0, 0.1) is 0 Å². The molecule has 7 heteroatoms. The number of hydrogen-bond acceptors (Lipinski definition) is 3. The minimum absolute atomic E-state index is 0.0262. The van der Waals surface area contributed by atoms with Gasteiger partial charge in [-0.2, -0.15) is 0 Å². The summed E-state index contributed by atoms with van der Waals surface area (Å²) in [7, 11) is 0.685. The van der Waals surface area contributed by atoms with Crippen LogP contribution in [0.1, 0.15) is 18.7 Å². The number of para-hydroxylation sites is 2. The average Bonchev–Trinajstić information content (AvgIpc) is 3.04. The van der Waals surface area contributed by atoms with Crippen molar-refractivity contribution in [2.45, 2.75) is 24.3 Å². The lowest BCUT2D eigenvalue weighted by Crippen LogP contribution is -2.26. The molecule has 0 saturated heterocycles. The van der Waals surface area contributed by atoms with Crippen molar-refractivity contribution in [2.75, 3.05) is 12.8 Å². The normalized spacial score (nSPS) is 12.2. The van der Waals surface area contributed by atoms with E-state index >= 15 is 0 Å². The summed E-state index contributed by atoms with van der Waals surface area (Å²) in [6.07, 6.45) is 0.963. The van der Waals surface area contributed by atoms with Gasteiger partial charge >= 0.3 is 0 Å².